The van der Waals surface area contributed by atoms with Gasteiger partial charge in [0.25, 0.3) is 0 Å². The molecule has 0 nitrogen and oxygen atoms in total. The van der Waals surface area contributed by atoms with Gasteiger partial charge in [-0.3, -0.25) is 0 Å². The van der Waals surface area contributed by atoms with Crippen LogP contribution in [-0.4, -0.2) is 7.85 Å². The van der Waals surface area contributed by atoms with Gasteiger partial charge in [-0.2, -0.15) is 0 Å². The molecular formula is C9H10BF. The zero-order valence-corrected chi connectivity index (χ0v) is 6.60. The van der Waals surface area contributed by atoms with Gasteiger partial charge in [0.1, 0.15) is 13.7 Å². The van der Waals surface area contributed by atoms with Crippen LogP contribution in [0.25, 0.3) is 0 Å². The lowest BCUT2D eigenvalue weighted by molar-refractivity contribution is 0.633. The van der Waals surface area contributed by atoms with E-state index in [1.165, 1.54) is 6.07 Å². The third kappa shape index (κ3) is 2.07. The molecule has 0 bridgehead atoms. The van der Waals surface area contributed by atoms with E-state index >= 15 is 0 Å². The van der Waals surface area contributed by atoms with Crippen molar-refractivity contribution in [2.75, 3.05) is 0 Å². The van der Waals surface area contributed by atoms with Crippen molar-refractivity contribution in [2.45, 2.75) is 19.8 Å². The molecule has 56 valence electrons. The predicted octanol–water partition coefficient (Wildman–Crippen LogP) is 1.57. The molecule has 1 aromatic rings. The number of aryl methyl sites for hydroxylation is 1. The average Bonchev–Trinajstić information content (AvgIpc) is 1.98. The van der Waals surface area contributed by atoms with Crippen LogP contribution >= 0.6 is 0 Å². The summed E-state index contributed by atoms with van der Waals surface area (Å²) in [5.41, 5.74) is 1.24. The second-order valence-electron chi connectivity index (χ2n) is 2.61. The minimum Gasteiger partial charge on any atom is -0.208 e. The van der Waals surface area contributed by atoms with Crippen LogP contribution in [0.1, 0.15) is 18.9 Å². The molecule has 0 aromatic heterocycles. The summed E-state index contributed by atoms with van der Waals surface area (Å²) in [7, 11) is 5.31. The van der Waals surface area contributed by atoms with Crippen LogP contribution in [0, 0.1) is 5.82 Å². The first-order valence-electron chi connectivity index (χ1n) is 3.78. The van der Waals surface area contributed by atoms with E-state index in [1.807, 2.05) is 6.07 Å². The van der Waals surface area contributed by atoms with Crippen molar-refractivity contribution in [3.63, 3.8) is 0 Å². The fourth-order valence-corrected chi connectivity index (χ4v) is 1.01. The van der Waals surface area contributed by atoms with Crippen LogP contribution < -0.4 is 5.46 Å². The minimum absolute atomic E-state index is 0.227. The summed E-state index contributed by atoms with van der Waals surface area (Å²) < 4.78 is 12.8. The molecule has 0 fully saturated rings. The summed E-state index contributed by atoms with van der Waals surface area (Å²) in [6.45, 7) is 2.06. The normalized spacial score (nSPS) is 10.0. The van der Waals surface area contributed by atoms with Gasteiger partial charge in [0.05, 0.1) is 0 Å². The molecule has 0 saturated heterocycles. The zero-order valence-electron chi connectivity index (χ0n) is 6.60. The smallest absolute Gasteiger partial charge is 0.117 e. The second-order valence-corrected chi connectivity index (χ2v) is 2.61. The Bertz CT molecular complexity index is 245. The molecule has 0 N–H and O–H groups in total. The standard InChI is InChI=1S/C9H10BF/c1-2-3-7-4-5-8(10)9(11)6-7/h4-6H,2-3H2,1H3. The van der Waals surface area contributed by atoms with E-state index in [0.29, 0.717) is 0 Å². The number of hydrogen-bond donors (Lipinski definition) is 0. The van der Waals surface area contributed by atoms with Gasteiger partial charge in [-0.1, -0.05) is 30.9 Å². The Kier molecular flexibility index (Phi) is 2.69. The summed E-state index contributed by atoms with van der Waals surface area (Å²) in [4.78, 5) is 0. The van der Waals surface area contributed by atoms with E-state index < -0.39 is 0 Å². The molecule has 0 saturated carbocycles. The molecule has 0 aliphatic carbocycles. The zero-order chi connectivity index (χ0) is 8.27. The van der Waals surface area contributed by atoms with Gasteiger partial charge in [-0.05, 0) is 18.1 Å². The molecule has 1 aromatic carbocycles. The van der Waals surface area contributed by atoms with Gasteiger partial charge in [0.2, 0.25) is 0 Å². The number of benzene rings is 1. The van der Waals surface area contributed by atoms with Crippen molar-refractivity contribution < 1.29 is 4.39 Å². The van der Waals surface area contributed by atoms with E-state index in [9.17, 15) is 4.39 Å². The van der Waals surface area contributed by atoms with Crippen molar-refractivity contribution in [1.82, 2.24) is 0 Å². The molecule has 0 atom stereocenters. The van der Waals surface area contributed by atoms with E-state index in [-0.39, 0.29) is 11.3 Å². The van der Waals surface area contributed by atoms with Crippen LogP contribution in [0.2, 0.25) is 0 Å². The molecule has 0 amide bonds. The Morgan fingerprint density at radius 2 is 2.18 bits per heavy atom. The topological polar surface area (TPSA) is 0 Å². The molecule has 2 heteroatoms. The molecular weight excluding hydrogens is 138 g/mol. The molecule has 11 heavy (non-hydrogen) atoms. The lowest BCUT2D eigenvalue weighted by Gasteiger charge is -2.00. The fourth-order valence-electron chi connectivity index (χ4n) is 1.01. The first-order chi connectivity index (χ1) is 5.24. The monoisotopic (exact) mass is 148 g/mol. The Morgan fingerprint density at radius 1 is 1.45 bits per heavy atom. The largest absolute Gasteiger partial charge is 0.208 e. The molecule has 2 radical (unpaired) electrons. The third-order valence-electron chi connectivity index (χ3n) is 1.60. The van der Waals surface area contributed by atoms with E-state index in [0.717, 1.165) is 18.4 Å². The molecule has 0 aliphatic rings. The van der Waals surface area contributed by atoms with Gasteiger partial charge in [0.15, 0.2) is 0 Å². The number of hydrogen-bond acceptors (Lipinski definition) is 0. The SMILES string of the molecule is [B]c1ccc(CCC)cc1F. The highest BCUT2D eigenvalue weighted by Crippen LogP contribution is 2.03. The first-order valence-corrected chi connectivity index (χ1v) is 3.78. The average molecular weight is 148 g/mol. The highest BCUT2D eigenvalue weighted by Gasteiger charge is 1.96. The maximum Gasteiger partial charge on any atom is 0.117 e. The summed E-state index contributed by atoms with van der Waals surface area (Å²) in [5.74, 6) is -0.309. The molecule has 1 rings (SSSR count). The van der Waals surface area contributed by atoms with Gasteiger partial charge in [-0.15, -0.1) is 0 Å². The molecule has 0 heterocycles. The first kappa shape index (κ1) is 8.31. The Labute approximate surface area is 67.8 Å². The predicted molar refractivity (Wildman–Crippen MR) is 45.8 cm³/mol. The molecule has 0 aliphatic heterocycles. The van der Waals surface area contributed by atoms with Gasteiger partial charge in [-0.25, -0.2) is 4.39 Å². The summed E-state index contributed by atoms with van der Waals surface area (Å²) in [5, 5.41) is 0. The van der Waals surface area contributed by atoms with Crippen molar-refractivity contribution >= 4 is 13.3 Å². The summed E-state index contributed by atoms with van der Waals surface area (Å²) >= 11 is 0. The summed E-state index contributed by atoms with van der Waals surface area (Å²) in [6.07, 6.45) is 1.94. The van der Waals surface area contributed by atoms with Gasteiger partial charge in [0, 0.05) is 0 Å². The van der Waals surface area contributed by atoms with Gasteiger partial charge >= 0.3 is 0 Å². The van der Waals surface area contributed by atoms with Crippen LogP contribution in [0.4, 0.5) is 4.39 Å². The van der Waals surface area contributed by atoms with E-state index in [1.54, 1.807) is 6.07 Å². The maximum atomic E-state index is 12.8. The highest BCUT2D eigenvalue weighted by atomic mass is 19.1. The van der Waals surface area contributed by atoms with E-state index in [4.69, 9.17) is 7.85 Å². The maximum absolute atomic E-state index is 12.8. The second kappa shape index (κ2) is 3.56. The quantitative estimate of drug-likeness (QED) is 0.558. The third-order valence-corrected chi connectivity index (χ3v) is 1.60. The lowest BCUT2D eigenvalue weighted by Crippen LogP contribution is -2.07. The minimum atomic E-state index is -0.309. The van der Waals surface area contributed by atoms with Crippen LogP contribution in [0.3, 0.4) is 0 Å². The van der Waals surface area contributed by atoms with Gasteiger partial charge < -0.3 is 0 Å². The fraction of sp³-hybridized carbons (Fsp3) is 0.333. The van der Waals surface area contributed by atoms with Crippen molar-refractivity contribution in [1.29, 1.82) is 0 Å². The molecule has 0 spiro atoms. The van der Waals surface area contributed by atoms with Crippen LogP contribution in [-0.2, 0) is 6.42 Å². The van der Waals surface area contributed by atoms with Crippen LogP contribution in [0.5, 0.6) is 0 Å². The van der Waals surface area contributed by atoms with Crippen molar-refractivity contribution in [3.05, 3.63) is 29.6 Å². The molecule has 0 unspecified atom stereocenters. The summed E-state index contributed by atoms with van der Waals surface area (Å²) in [6, 6.07) is 4.97. The van der Waals surface area contributed by atoms with Crippen molar-refractivity contribution in [3.8, 4) is 0 Å². The Morgan fingerprint density at radius 3 is 2.73 bits per heavy atom. The van der Waals surface area contributed by atoms with Crippen molar-refractivity contribution in [2.24, 2.45) is 0 Å². The number of halogens is 1. The van der Waals surface area contributed by atoms with E-state index in [2.05, 4.69) is 6.92 Å². The Balaban J connectivity index is 2.86. The lowest BCUT2D eigenvalue weighted by atomic mass is 9.94. The highest BCUT2D eigenvalue weighted by molar-refractivity contribution is 6.32. The number of rotatable bonds is 2. The Hall–Kier alpha value is -0.785. The van der Waals surface area contributed by atoms with Crippen LogP contribution in [0.15, 0.2) is 18.2 Å².